The summed E-state index contributed by atoms with van der Waals surface area (Å²) in [4.78, 5) is 59.7. The molecule has 0 aromatic carbocycles. The van der Waals surface area contributed by atoms with Gasteiger partial charge in [-0.3, -0.25) is 0 Å². The zero-order valence-corrected chi connectivity index (χ0v) is 11.2. The largest absolute Gasteiger partial charge is 0.336 e. The standard InChI is InChI=1S/C10H13N5O5/c1-11-6(16)12(2)8(18)14(7(11)17)4-5-15-9(19)13(3)10(15)20/h4-5H2,1-3H3. The van der Waals surface area contributed by atoms with E-state index in [2.05, 4.69) is 0 Å². The van der Waals surface area contributed by atoms with E-state index in [4.69, 9.17) is 0 Å². The molecular formula is C10H13N5O5. The maximum atomic E-state index is 11.8. The van der Waals surface area contributed by atoms with Gasteiger partial charge in [0.25, 0.3) is 0 Å². The Balaban J connectivity index is 2.30. The third-order valence-electron chi connectivity index (χ3n) is 3.19. The SMILES string of the molecule is CN1C(=O)N(CCn2c(=O)n(C)c(=O)n(C)c2=O)C1=O. The molecule has 10 nitrogen and oxygen atoms in total. The van der Waals surface area contributed by atoms with Crippen molar-refractivity contribution in [2.45, 2.75) is 6.54 Å². The van der Waals surface area contributed by atoms with E-state index in [1.54, 1.807) is 0 Å². The lowest BCUT2D eigenvalue weighted by Gasteiger charge is -2.36. The molecule has 0 aliphatic carbocycles. The van der Waals surface area contributed by atoms with E-state index in [0.717, 1.165) is 23.5 Å². The molecule has 0 saturated carbocycles. The van der Waals surface area contributed by atoms with Crippen molar-refractivity contribution in [2.75, 3.05) is 13.6 Å². The molecule has 1 fully saturated rings. The highest BCUT2D eigenvalue weighted by Crippen LogP contribution is 2.12. The first-order valence-corrected chi connectivity index (χ1v) is 5.73. The Morgan fingerprint density at radius 3 is 1.60 bits per heavy atom. The Hall–Kier alpha value is -2.65. The summed E-state index contributed by atoms with van der Waals surface area (Å²) in [5.74, 6) is 0. The van der Waals surface area contributed by atoms with Crippen molar-refractivity contribution in [2.24, 2.45) is 14.1 Å². The monoisotopic (exact) mass is 283 g/mol. The van der Waals surface area contributed by atoms with Gasteiger partial charge in [0.05, 0.1) is 13.1 Å². The zero-order valence-electron chi connectivity index (χ0n) is 11.2. The van der Waals surface area contributed by atoms with Crippen LogP contribution in [0.4, 0.5) is 9.59 Å². The Bertz CT molecular complexity index is 713. The highest BCUT2D eigenvalue weighted by Gasteiger charge is 2.40. The lowest BCUT2D eigenvalue weighted by molar-refractivity contribution is 0.113. The Kier molecular flexibility index (Phi) is 3.08. The topological polar surface area (TPSA) is 107 Å². The summed E-state index contributed by atoms with van der Waals surface area (Å²) in [6, 6.07) is -0.991. The number of carbonyl (C=O) groups excluding carboxylic acids is 2. The molecule has 0 spiro atoms. The average molecular weight is 283 g/mol. The molecule has 4 amide bonds. The molecule has 1 aromatic heterocycles. The van der Waals surface area contributed by atoms with E-state index >= 15 is 0 Å². The predicted molar refractivity (Wildman–Crippen MR) is 66.4 cm³/mol. The second-order valence-electron chi connectivity index (χ2n) is 4.39. The number of amides is 4. The quantitative estimate of drug-likeness (QED) is 0.622. The minimum atomic E-state index is -0.785. The van der Waals surface area contributed by atoms with Gasteiger partial charge in [-0.2, -0.15) is 0 Å². The number of nitrogens with zero attached hydrogens (tertiary/aromatic N) is 5. The van der Waals surface area contributed by atoms with E-state index < -0.39 is 29.1 Å². The molecule has 108 valence electrons. The lowest BCUT2D eigenvalue weighted by Crippen LogP contribution is -2.63. The maximum absolute atomic E-state index is 11.8. The lowest BCUT2D eigenvalue weighted by atomic mass is 10.4. The molecule has 1 aliphatic rings. The van der Waals surface area contributed by atoms with Gasteiger partial charge in [-0.1, -0.05) is 0 Å². The molecule has 0 bridgehead atoms. The van der Waals surface area contributed by atoms with Crippen LogP contribution < -0.4 is 17.1 Å². The van der Waals surface area contributed by atoms with Crippen LogP contribution in [0.25, 0.3) is 0 Å². The molecule has 0 unspecified atom stereocenters. The molecular weight excluding hydrogens is 270 g/mol. The van der Waals surface area contributed by atoms with Crippen LogP contribution >= 0.6 is 0 Å². The molecule has 1 aliphatic heterocycles. The van der Waals surface area contributed by atoms with E-state index in [-0.39, 0.29) is 13.1 Å². The van der Waals surface area contributed by atoms with Crippen molar-refractivity contribution in [1.29, 1.82) is 0 Å². The Morgan fingerprint density at radius 2 is 1.15 bits per heavy atom. The van der Waals surface area contributed by atoms with Crippen molar-refractivity contribution in [3.05, 3.63) is 31.5 Å². The number of urea groups is 2. The van der Waals surface area contributed by atoms with Crippen LogP contribution in [0, 0.1) is 0 Å². The highest BCUT2D eigenvalue weighted by molar-refractivity contribution is 6.11. The van der Waals surface area contributed by atoms with E-state index in [1.807, 2.05) is 0 Å². The fraction of sp³-hybridized carbons (Fsp3) is 0.500. The van der Waals surface area contributed by atoms with Crippen LogP contribution in [-0.4, -0.2) is 49.2 Å². The zero-order chi connectivity index (χ0) is 15.2. The molecule has 1 aromatic rings. The normalized spacial score (nSPS) is 14.8. The summed E-state index contributed by atoms with van der Waals surface area (Å²) in [6.45, 7) is -0.264. The van der Waals surface area contributed by atoms with Crippen LogP contribution in [0.3, 0.4) is 0 Å². The number of imide groups is 2. The van der Waals surface area contributed by atoms with Crippen molar-refractivity contribution >= 4 is 12.1 Å². The van der Waals surface area contributed by atoms with Crippen LogP contribution in [0.5, 0.6) is 0 Å². The summed E-state index contributed by atoms with van der Waals surface area (Å²) in [5.41, 5.74) is -2.30. The average Bonchev–Trinajstić information content (AvgIpc) is 2.45. The van der Waals surface area contributed by atoms with Crippen LogP contribution in [0.2, 0.25) is 0 Å². The van der Waals surface area contributed by atoms with Gasteiger partial charge in [0.1, 0.15) is 0 Å². The fourth-order valence-corrected chi connectivity index (χ4v) is 1.90. The third-order valence-corrected chi connectivity index (χ3v) is 3.19. The Morgan fingerprint density at radius 1 is 0.700 bits per heavy atom. The molecule has 0 atom stereocenters. The first-order chi connectivity index (χ1) is 9.27. The molecule has 0 N–H and O–H groups in total. The van der Waals surface area contributed by atoms with Crippen molar-refractivity contribution in [3.8, 4) is 0 Å². The smallest absolute Gasteiger partial charge is 0.248 e. The second kappa shape index (κ2) is 4.47. The third kappa shape index (κ3) is 1.76. The highest BCUT2D eigenvalue weighted by atomic mass is 16.2. The second-order valence-corrected chi connectivity index (χ2v) is 4.39. The van der Waals surface area contributed by atoms with Crippen molar-refractivity contribution in [3.63, 3.8) is 0 Å². The van der Waals surface area contributed by atoms with Crippen LogP contribution in [0.1, 0.15) is 0 Å². The summed E-state index contributed by atoms with van der Waals surface area (Å²) in [7, 11) is 3.82. The summed E-state index contributed by atoms with van der Waals surface area (Å²) in [5, 5.41) is 0. The summed E-state index contributed by atoms with van der Waals surface area (Å²) < 4.78 is 2.38. The van der Waals surface area contributed by atoms with Gasteiger partial charge in [-0.25, -0.2) is 47.5 Å². The molecule has 10 heteroatoms. The number of hydrogen-bond donors (Lipinski definition) is 0. The molecule has 2 heterocycles. The number of hydrogen-bond acceptors (Lipinski definition) is 5. The van der Waals surface area contributed by atoms with Crippen LogP contribution in [0.15, 0.2) is 14.4 Å². The van der Waals surface area contributed by atoms with Gasteiger partial charge in [0, 0.05) is 21.1 Å². The van der Waals surface area contributed by atoms with Gasteiger partial charge < -0.3 is 0 Å². The first-order valence-electron chi connectivity index (χ1n) is 5.73. The predicted octanol–water partition coefficient (Wildman–Crippen LogP) is -2.27. The number of rotatable bonds is 3. The number of carbonyl (C=O) groups is 2. The first kappa shape index (κ1) is 13.8. The van der Waals surface area contributed by atoms with Gasteiger partial charge in [0.15, 0.2) is 0 Å². The van der Waals surface area contributed by atoms with E-state index in [9.17, 15) is 24.0 Å². The fourth-order valence-electron chi connectivity index (χ4n) is 1.90. The molecule has 1 saturated heterocycles. The number of aromatic nitrogens is 3. The van der Waals surface area contributed by atoms with Gasteiger partial charge in [-0.15, -0.1) is 0 Å². The van der Waals surface area contributed by atoms with Crippen molar-refractivity contribution in [1.82, 2.24) is 23.5 Å². The van der Waals surface area contributed by atoms with Gasteiger partial charge >= 0.3 is 29.1 Å². The summed E-state index contributed by atoms with van der Waals surface area (Å²) in [6.07, 6.45) is 0. The molecule has 0 radical (unpaired) electrons. The van der Waals surface area contributed by atoms with Crippen LogP contribution in [-0.2, 0) is 20.6 Å². The Labute approximate surface area is 112 Å². The maximum Gasteiger partial charge on any atom is 0.336 e. The molecule has 2 rings (SSSR count). The summed E-state index contributed by atoms with van der Waals surface area (Å²) >= 11 is 0. The minimum absolute atomic E-state index is 0.102. The van der Waals surface area contributed by atoms with E-state index in [0.29, 0.717) is 0 Å². The van der Waals surface area contributed by atoms with E-state index in [1.165, 1.54) is 21.1 Å². The van der Waals surface area contributed by atoms with Crippen molar-refractivity contribution < 1.29 is 9.59 Å². The van der Waals surface area contributed by atoms with Gasteiger partial charge in [0.2, 0.25) is 0 Å². The van der Waals surface area contributed by atoms with Gasteiger partial charge in [-0.05, 0) is 0 Å². The molecule has 20 heavy (non-hydrogen) atoms. The minimum Gasteiger partial charge on any atom is -0.248 e.